The van der Waals surface area contributed by atoms with Crippen molar-refractivity contribution in [3.8, 4) is 16.9 Å². The second-order valence-corrected chi connectivity index (χ2v) is 11.9. The standard InChI is InChI=1S/C30H37N3O5S.2ClH/c1-39(36,37)33-30(35)19-25-14-13-24(18-29(25)38-27-7-3-2-4-8-27)23-11-9-22(10-12-23)15-17-32-21-28(34)26-6-5-16-31-20-26;;/h5-6,9-14,16,18,20,27-28,32,34H,2-4,7-8,15,17,19,21H2,1H3,(H,33,35);2*1H/t28-;;/m1../s1. The maximum atomic E-state index is 12.3. The molecule has 1 fully saturated rings. The number of aliphatic hydroxyl groups is 1. The van der Waals surface area contributed by atoms with Gasteiger partial charge in [0.15, 0.2) is 0 Å². The van der Waals surface area contributed by atoms with Crippen molar-refractivity contribution < 1.29 is 23.1 Å². The fraction of sp³-hybridized carbons (Fsp3) is 0.400. The average Bonchev–Trinajstić information content (AvgIpc) is 2.92. The van der Waals surface area contributed by atoms with Crippen LogP contribution in [-0.4, -0.2) is 49.9 Å². The third kappa shape index (κ3) is 11.2. The van der Waals surface area contributed by atoms with Gasteiger partial charge >= 0.3 is 0 Å². The highest BCUT2D eigenvalue weighted by Crippen LogP contribution is 2.31. The Morgan fingerprint density at radius 2 is 1.76 bits per heavy atom. The fourth-order valence-electron chi connectivity index (χ4n) is 4.79. The number of benzene rings is 2. The number of halogens is 2. The smallest absolute Gasteiger partial charge is 0.237 e. The van der Waals surface area contributed by atoms with Crippen LogP contribution in [-0.2, 0) is 27.7 Å². The number of sulfonamides is 1. The molecule has 0 unspecified atom stereocenters. The lowest BCUT2D eigenvalue weighted by atomic mass is 9.97. The Bertz CT molecular complexity index is 1340. The molecule has 1 heterocycles. The van der Waals surface area contributed by atoms with E-state index < -0.39 is 22.0 Å². The van der Waals surface area contributed by atoms with Gasteiger partial charge in [0.2, 0.25) is 15.9 Å². The average molecular weight is 625 g/mol. The molecule has 1 aliphatic rings. The first-order valence-corrected chi connectivity index (χ1v) is 15.3. The van der Waals surface area contributed by atoms with E-state index in [-0.39, 0.29) is 37.3 Å². The number of aliphatic hydroxyl groups excluding tert-OH is 1. The quantitative estimate of drug-likeness (QED) is 0.248. The van der Waals surface area contributed by atoms with E-state index >= 15 is 0 Å². The van der Waals surface area contributed by atoms with E-state index in [2.05, 4.69) is 34.6 Å². The number of hydrogen-bond donors (Lipinski definition) is 3. The van der Waals surface area contributed by atoms with Gasteiger partial charge < -0.3 is 15.2 Å². The molecule has 1 aliphatic carbocycles. The summed E-state index contributed by atoms with van der Waals surface area (Å²) in [6.07, 6.45) is 9.98. The molecule has 4 rings (SSSR count). The van der Waals surface area contributed by atoms with Gasteiger partial charge in [0.1, 0.15) is 5.75 Å². The molecule has 1 saturated carbocycles. The van der Waals surface area contributed by atoms with Crippen molar-refractivity contribution in [1.82, 2.24) is 15.0 Å². The van der Waals surface area contributed by atoms with E-state index in [1.807, 2.05) is 35.1 Å². The third-order valence-electron chi connectivity index (χ3n) is 6.85. The van der Waals surface area contributed by atoms with Crippen molar-refractivity contribution in [2.24, 2.45) is 0 Å². The van der Waals surface area contributed by atoms with Crippen LogP contribution in [0.1, 0.15) is 54.9 Å². The van der Waals surface area contributed by atoms with Crippen LogP contribution >= 0.6 is 24.8 Å². The van der Waals surface area contributed by atoms with E-state index in [4.69, 9.17) is 4.74 Å². The summed E-state index contributed by atoms with van der Waals surface area (Å²) in [6, 6.07) is 17.7. The van der Waals surface area contributed by atoms with Crippen LogP contribution in [0.3, 0.4) is 0 Å². The summed E-state index contributed by atoms with van der Waals surface area (Å²) in [5, 5.41) is 13.6. The molecule has 1 aromatic heterocycles. The first-order chi connectivity index (χ1) is 18.8. The Kier molecular flexibility index (Phi) is 14.0. The molecule has 0 saturated heterocycles. The highest BCUT2D eigenvalue weighted by atomic mass is 35.5. The summed E-state index contributed by atoms with van der Waals surface area (Å²) < 4.78 is 31.4. The predicted molar refractivity (Wildman–Crippen MR) is 166 cm³/mol. The lowest BCUT2D eigenvalue weighted by molar-refractivity contribution is -0.118. The number of carbonyl (C=O) groups is 1. The number of nitrogens with zero attached hydrogens (tertiary/aromatic N) is 1. The molecule has 1 atom stereocenters. The summed E-state index contributed by atoms with van der Waals surface area (Å²) in [4.78, 5) is 16.4. The molecular formula is C30H39Cl2N3O5S. The molecule has 41 heavy (non-hydrogen) atoms. The number of carbonyl (C=O) groups excluding carboxylic acids is 1. The monoisotopic (exact) mass is 623 g/mol. The summed E-state index contributed by atoms with van der Waals surface area (Å²) in [6.45, 7) is 1.20. The molecule has 0 radical (unpaired) electrons. The van der Waals surface area contributed by atoms with Crippen molar-refractivity contribution >= 4 is 40.7 Å². The first-order valence-electron chi connectivity index (χ1n) is 13.4. The van der Waals surface area contributed by atoms with Crippen molar-refractivity contribution in [2.75, 3.05) is 19.3 Å². The summed E-state index contributed by atoms with van der Waals surface area (Å²) >= 11 is 0. The van der Waals surface area contributed by atoms with Crippen molar-refractivity contribution in [3.63, 3.8) is 0 Å². The van der Waals surface area contributed by atoms with Crippen molar-refractivity contribution in [3.05, 3.63) is 83.7 Å². The minimum Gasteiger partial charge on any atom is -0.490 e. The zero-order valence-electron chi connectivity index (χ0n) is 23.1. The molecule has 3 aromatic rings. The lowest BCUT2D eigenvalue weighted by Crippen LogP contribution is -2.31. The van der Waals surface area contributed by atoms with Crippen molar-refractivity contribution in [1.29, 1.82) is 0 Å². The van der Waals surface area contributed by atoms with Gasteiger partial charge in [-0.05, 0) is 67.5 Å². The topological polar surface area (TPSA) is 118 Å². The van der Waals surface area contributed by atoms with Gasteiger partial charge in [0.25, 0.3) is 0 Å². The van der Waals surface area contributed by atoms with Crippen LogP contribution in [0.4, 0.5) is 0 Å². The maximum absolute atomic E-state index is 12.3. The number of ether oxygens (including phenoxy) is 1. The second kappa shape index (κ2) is 16.7. The minimum atomic E-state index is -3.62. The lowest BCUT2D eigenvalue weighted by Gasteiger charge is -2.24. The van der Waals surface area contributed by atoms with Gasteiger partial charge in [0, 0.05) is 30.1 Å². The SMILES string of the molecule is CS(=O)(=O)NC(=O)Cc1ccc(-c2ccc(CCNC[C@@H](O)c3cccnc3)cc2)cc1OC1CCCCC1.Cl.Cl. The van der Waals surface area contributed by atoms with Crippen LogP contribution in [0, 0.1) is 0 Å². The summed E-state index contributed by atoms with van der Waals surface area (Å²) in [5.74, 6) is 0.0492. The van der Waals surface area contributed by atoms with Crippen LogP contribution in [0.2, 0.25) is 0 Å². The third-order valence-corrected chi connectivity index (χ3v) is 7.45. The van der Waals surface area contributed by atoms with E-state index in [0.717, 1.165) is 61.6 Å². The van der Waals surface area contributed by atoms with Crippen molar-refractivity contribution in [2.45, 2.75) is 57.2 Å². The Hall–Kier alpha value is -2.69. The number of amides is 1. The summed E-state index contributed by atoms with van der Waals surface area (Å²) in [5.41, 5.74) is 4.64. The molecule has 0 bridgehead atoms. The summed E-state index contributed by atoms with van der Waals surface area (Å²) in [7, 11) is -3.62. The highest BCUT2D eigenvalue weighted by molar-refractivity contribution is 7.89. The van der Waals surface area contributed by atoms with Gasteiger partial charge in [-0.25, -0.2) is 8.42 Å². The van der Waals surface area contributed by atoms with Crippen LogP contribution < -0.4 is 14.8 Å². The van der Waals surface area contributed by atoms with E-state index in [9.17, 15) is 18.3 Å². The molecule has 3 N–H and O–H groups in total. The van der Waals surface area contributed by atoms with E-state index in [0.29, 0.717) is 17.9 Å². The van der Waals surface area contributed by atoms with E-state index in [1.54, 1.807) is 12.4 Å². The number of hydrogen-bond acceptors (Lipinski definition) is 7. The Balaban J connectivity index is 0.00000294. The minimum absolute atomic E-state index is 0. The van der Waals surface area contributed by atoms with Gasteiger partial charge in [-0.3, -0.25) is 14.5 Å². The molecule has 224 valence electrons. The number of rotatable bonds is 12. The van der Waals surface area contributed by atoms with Gasteiger partial charge in [-0.1, -0.05) is 48.9 Å². The molecule has 0 spiro atoms. The maximum Gasteiger partial charge on any atom is 0.237 e. The molecule has 11 heteroatoms. The first kappa shape index (κ1) is 34.5. The molecule has 2 aromatic carbocycles. The molecular weight excluding hydrogens is 585 g/mol. The zero-order chi connectivity index (χ0) is 27.7. The van der Waals surface area contributed by atoms with Crippen LogP contribution in [0.5, 0.6) is 5.75 Å². The molecule has 8 nitrogen and oxygen atoms in total. The molecule has 0 aliphatic heterocycles. The number of nitrogens with one attached hydrogen (secondary N) is 2. The van der Waals surface area contributed by atoms with Gasteiger partial charge in [-0.2, -0.15) is 0 Å². The predicted octanol–water partition coefficient (Wildman–Crippen LogP) is 4.79. The number of pyridine rings is 1. The normalized spacial score (nSPS) is 14.3. The van der Waals surface area contributed by atoms with Crippen LogP contribution in [0.25, 0.3) is 11.1 Å². The highest BCUT2D eigenvalue weighted by Gasteiger charge is 2.19. The van der Waals surface area contributed by atoms with Gasteiger partial charge in [-0.15, -0.1) is 24.8 Å². The largest absolute Gasteiger partial charge is 0.490 e. The van der Waals surface area contributed by atoms with Crippen LogP contribution in [0.15, 0.2) is 67.0 Å². The Morgan fingerprint density at radius 3 is 2.41 bits per heavy atom. The Morgan fingerprint density at radius 1 is 1.05 bits per heavy atom. The fourth-order valence-corrected chi connectivity index (χ4v) is 5.28. The van der Waals surface area contributed by atoms with Gasteiger partial charge in [0.05, 0.1) is 24.9 Å². The zero-order valence-corrected chi connectivity index (χ0v) is 25.6. The Labute approximate surface area is 255 Å². The second-order valence-electron chi connectivity index (χ2n) is 10.1. The number of aromatic nitrogens is 1. The molecule has 1 amide bonds. The van der Waals surface area contributed by atoms with E-state index in [1.165, 1.54) is 12.0 Å².